The van der Waals surface area contributed by atoms with Crippen molar-refractivity contribution in [2.45, 2.75) is 33.0 Å². The van der Waals surface area contributed by atoms with Crippen LogP contribution in [0.2, 0.25) is 0 Å². The lowest BCUT2D eigenvalue weighted by atomic mass is 9.83. The Hall–Kier alpha value is -1.88. The quantitative estimate of drug-likeness (QED) is 0.796. The van der Waals surface area contributed by atoms with Gasteiger partial charge >= 0.3 is 5.76 Å². The van der Waals surface area contributed by atoms with E-state index in [0.29, 0.717) is 16.7 Å². The van der Waals surface area contributed by atoms with Gasteiger partial charge in [0.1, 0.15) is 0 Å². The van der Waals surface area contributed by atoms with Gasteiger partial charge in [-0.25, -0.2) is 4.79 Å². The Balaban J connectivity index is 2.00. The second-order valence-electron chi connectivity index (χ2n) is 5.90. The zero-order valence-corrected chi connectivity index (χ0v) is 12.6. The minimum absolute atomic E-state index is 0.0488. The molecule has 1 saturated heterocycles. The summed E-state index contributed by atoms with van der Waals surface area (Å²) in [6, 6.07) is 5.16. The van der Waals surface area contributed by atoms with Crippen molar-refractivity contribution in [2.75, 3.05) is 0 Å². The van der Waals surface area contributed by atoms with Gasteiger partial charge in [-0.3, -0.25) is 9.36 Å². The van der Waals surface area contributed by atoms with Gasteiger partial charge in [0.2, 0.25) is 0 Å². The summed E-state index contributed by atoms with van der Waals surface area (Å²) in [6.45, 7) is 5.97. The maximum atomic E-state index is 12.7. The molecule has 3 rings (SSSR count). The number of carbonyl (C=O) groups excluding carboxylic acids is 1. The molecule has 112 valence electrons. The molecule has 4 atom stereocenters. The lowest BCUT2D eigenvalue weighted by molar-refractivity contribution is 0.0491. The average molecular weight is 289 g/mol. The Kier molecular flexibility index (Phi) is 3.24. The van der Waals surface area contributed by atoms with Gasteiger partial charge in [-0.1, -0.05) is 6.92 Å². The molecule has 2 heterocycles. The second kappa shape index (κ2) is 4.84. The molecule has 0 aliphatic carbocycles. The van der Waals surface area contributed by atoms with Gasteiger partial charge in [0.25, 0.3) is 0 Å². The van der Waals surface area contributed by atoms with Gasteiger partial charge in [-0.15, -0.1) is 0 Å². The predicted molar refractivity (Wildman–Crippen MR) is 78.4 cm³/mol. The highest BCUT2D eigenvalue weighted by atomic mass is 16.5. The molecule has 4 unspecified atom stereocenters. The van der Waals surface area contributed by atoms with Gasteiger partial charge in [0.05, 0.1) is 23.6 Å². The fourth-order valence-corrected chi connectivity index (χ4v) is 3.20. The molecule has 0 spiro atoms. The molecule has 0 bridgehead atoms. The summed E-state index contributed by atoms with van der Waals surface area (Å²) in [5.41, 5.74) is 1.70. The third-order valence-corrected chi connectivity index (χ3v) is 4.62. The molecule has 1 aliphatic heterocycles. The lowest BCUT2D eigenvalue weighted by Gasteiger charge is -2.17. The minimum atomic E-state index is -0.422. The topological polar surface area (TPSA) is 61.4 Å². The van der Waals surface area contributed by atoms with Gasteiger partial charge in [0, 0.05) is 12.6 Å². The Morgan fingerprint density at radius 3 is 2.52 bits per heavy atom. The number of benzene rings is 1. The van der Waals surface area contributed by atoms with Crippen LogP contribution < -0.4 is 5.76 Å². The fraction of sp³-hybridized carbons (Fsp3) is 0.500. The zero-order valence-electron chi connectivity index (χ0n) is 12.6. The molecule has 0 radical (unpaired) electrons. The van der Waals surface area contributed by atoms with Crippen molar-refractivity contribution >= 4 is 16.9 Å². The molecular formula is C16H19NO4. The lowest BCUT2D eigenvalue weighted by Crippen LogP contribution is -2.26. The number of rotatable bonds is 2. The van der Waals surface area contributed by atoms with E-state index in [9.17, 15) is 9.59 Å². The smallest absolute Gasteiger partial charge is 0.408 e. The number of ketones is 1. The van der Waals surface area contributed by atoms with Crippen molar-refractivity contribution in [3.63, 3.8) is 0 Å². The number of carbonyl (C=O) groups is 1. The molecule has 1 aliphatic rings. The van der Waals surface area contributed by atoms with E-state index in [1.807, 2.05) is 20.8 Å². The summed E-state index contributed by atoms with van der Waals surface area (Å²) in [6.07, 6.45) is -0.0201. The monoisotopic (exact) mass is 289 g/mol. The summed E-state index contributed by atoms with van der Waals surface area (Å²) >= 11 is 0. The predicted octanol–water partition coefficient (Wildman–Crippen LogP) is 2.37. The molecule has 5 nitrogen and oxygen atoms in total. The van der Waals surface area contributed by atoms with Crippen LogP contribution in [0.25, 0.3) is 11.1 Å². The van der Waals surface area contributed by atoms with Gasteiger partial charge in [-0.2, -0.15) is 0 Å². The van der Waals surface area contributed by atoms with Crippen LogP contribution in [0, 0.1) is 11.8 Å². The Morgan fingerprint density at radius 1 is 1.19 bits per heavy atom. The Labute approximate surface area is 122 Å². The minimum Gasteiger partial charge on any atom is -0.408 e. The van der Waals surface area contributed by atoms with E-state index in [-0.39, 0.29) is 29.8 Å². The number of nitrogens with zero attached hydrogens (tertiary/aromatic N) is 1. The van der Waals surface area contributed by atoms with E-state index in [2.05, 4.69) is 0 Å². The molecule has 1 fully saturated rings. The molecule has 0 amide bonds. The standard InChI is InChI=1S/C16H19NO4/c1-8-9(2)20-10(3)14(8)15(18)11-5-6-12-13(7-11)21-16(19)17(12)4/h5-10,14H,1-4H3. The van der Waals surface area contributed by atoms with E-state index in [1.165, 1.54) is 4.57 Å². The number of oxazole rings is 1. The molecule has 0 saturated carbocycles. The molecule has 1 aromatic carbocycles. The summed E-state index contributed by atoms with van der Waals surface area (Å²) in [7, 11) is 1.65. The first-order valence-electron chi connectivity index (χ1n) is 7.19. The summed E-state index contributed by atoms with van der Waals surface area (Å²) < 4.78 is 12.3. The highest BCUT2D eigenvalue weighted by Gasteiger charge is 2.41. The van der Waals surface area contributed by atoms with Crippen LogP contribution >= 0.6 is 0 Å². The maximum Gasteiger partial charge on any atom is 0.419 e. The van der Waals surface area contributed by atoms with Crippen molar-refractivity contribution < 1.29 is 13.9 Å². The summed E-state index contributed by atoms with van der Waals surface area (Å²) in [5.74, 6) is -0.360. The van der Waals surface area contributed by atoms with Crippen LogP contribution in [0.15, 0.2) is 27.4 Å². The van der Waals surface area contributed by atoms with Crippen molar-refractivity contribution in [3.05, 3.63) is 34.3 Å². The van der Waals surface area contributed by atoms with Crippen LogP contribution in [0.5, 0.6) is 0 Å². The van der Waals surface area contributed by atoms with Crippen molar-refractivity contribution in [1.82, 2.24) is 4.57 Å². The molecule has 2 aromatic rings. The first-order chi connectivity index (χ1) is 9.90. The summed E-state index contributed by atoms with van der Waals surface area (Å²) in [4.78, 5) is 24.3. The van der Waals surface area contributed by atoms with Crippen LogP contribution in [-0.2, 0) is 11.8 Å². The largest absolute Gasteiger partial charge is 0.419 e. The van der Waals surface area contributed by atoms with Gasteiger partial charge < -0.3 is 9.15 Å². The number of aromatic nitrogens is 1. The number of hydrogen-bond acceptors (Lipinski definition) is 4. The third kappa shape index (κ3) is 2.12. The van der Waals surface area contributed by atoms with E-state index in [1.54, 1.807) is 25.2 Å². The van der Waals surface area contributed by atoms with Crippen LogP contribution in [0.3, 0.4) is 0 Å². The van der Waals surface area contributed by atoms with Crippen LogP contribution in [0.4, 0.5) is 0 Å². The Morgan fingerprint density at radius 2 is 1.90 bits per heavy atom. The van der Waals surface area contributed by atoms with E-state index in [0.717, 1.165) is 0 Å². The van der Waals surface area contributed by atoms with Gasteiger partial charge in [0.15, 0.2) is 11.4 Å². The first-order valence-corrected chi connectivity index (χ1v) is 7.19. The molecule has 1 aromatic heterocycles. The number of fused-ring (bicyclic) bond motifs is 1. The third-order valence-electron chi connectivity index (χ3n) is 4.62. The molecular weight excluding hydrogens is 270 g/mol. The van der Waals surface area contributed by atoms with Crippen molar-refractivity contribution in [2.24, 2.45) is 18.9 Å². The van der Waals surface area contributed by atoms with E-state index >= 15 is 0 Å². The number of aryl methyl sites for hydroxylation is 1. The highest BCUT2D eigenvalue weighted by Crippen LogP contribution is 2.34. The highest BCUT2D eigenvalue weighted by molar-refractivity contribution is 6.00. The SMILES string of the molecule is CC1OC(C)C(C(=O)c2ccc3c(c2)oc(=O)n3C)C1C. The van der Waals surface area contributed by atoms with Crippen molar-refractivity contribution in [3.8, 4) is 0 Å². The normalized spacial score (nSPS) is 29.1. The number of hydrogen-bond donors (Lipinski definition) is 0. The van der Waals surface area contributed by atoms with Crippen LogP contribution in [0.1, 0.15) is 31.1 Å². The number of Topliss-reactive ketones (excluding diaryl/α,β-unsaturated/α-hetero) is 1. The van der Waals surface area contributed by atoms with Gasteiger partial charge in [-0.05, 0) is 38.0 Å². The second-order valence-corrected chi connectivity index (χ2v) is 5.90. The summed E-state index contributed by atoms with van der Waals surface area (Å²) in [5, 5.41) is 0. The van der Waals surface area contributed by atoms with E-state index in [4.69, 9.17) is 9.15 Å². The maximum absolute atomic E-state index is 12.7. The van der Waals surface area contributed by atoms with Crippen molar-refractivity contribution in [1.29, 1.82) is 0 Å². The fourth-order valence-electron chi connectivity index (χ4n) is 3.20. The molecule has 5 heteroatoms. The first kappa shape index (κ1) is 14.1. The number of ether oxygens (including phenoxy) is 1. The zero-order chi connectivity index (χ0) is 15.3. The average Bonchev–Trinajstić information content (AvgIpc) is 2.86. The Bertz CT molecular complexity index is 757. The molecule has 0 N–H and O–H groups in total. The van der Waals surface area contributed by atoms with E-state index < -0.39 is 5.76 Å². The van der Waals surface area contributed by atoms with Crippen LogP contribution in [-0.4, -0.2) is 22.6 Å². The molecule has 21 heavy (non-hydrogen) atoms.